The number of hydrogen-bond donors (Lipinski definition) is 3. The standard InChI is InChI=1S/C31H40N6O5S/c1-30(2,3)42-29(41)35-31(4,5)28(40)33-23(17-21-13-16-43-19-21)26(38)34-24-18-37(20-32-24)25(22-11-7-6-8-12-22)27(39)36-14-9-10-15-36/h6-8,11-13,16,18-20,23,25H,9-10,14-15,17H2,1-5H3,(H,33,40)(H,34,38)(H,35,41). The Morgan fingerprint density at radius 2 is 1.72 bits per heavy atom. The number of thiophene rings is 1. The molecule has 2 unspecified atom stereocenters. The van der Waals surface area contributed by atoms with Crippen LogP contribution in [-0.4, -0.2) is 68.5 Å². The van der Waals surface area contributed by atoms with Crippen molar-refractivity contribution in [3.8, 4) is 0 Å². The smallest absolute Gasteiger partial charge is 0.408 e. The van der Waals surface area contributed by atoms with E-state index in [2.05, 4.69) is 20.9 Å². The summed E-state index contributed by atoms with van der Waals surface area (Å²) in [7, 11) is 0. The number of nitrogens with one attached hydrogen (secondary N) is 3. The average molecular weight is 609 g/mol. The van der Waals surface area contributed by atoms with E-state index in [1.807, 2.05) is 52.1 Å². The monoisotopic (exact) mass is 608 g/mol. The number of anilines is 1. The Morgan fingerprint density at radius 1 is 1.02 bits per heavy atom. The predicted octanol–water partition coefficient (Wildman–Crippen LogP) is 4.13. The zero-order chi connectivity index (χ0) is 31.2. The lowest BCUT2D eigenvalue weighted by Crippen LogP contribution is -2.59. The number of alkyl carbamates (subject to hydrolysis) is 1. The van der Waals surface area contributed by atoms with E-state index in [0.717, 1.165) is 24.0 Å². The van der Waals surface area contributed by atoms with Crippen LogP contribution in [0.2, 0.25) is 0 Å². The summed E-state index contributed by atoms with van der Waals surface area (Å²) in [6.07, 6.45) is 4.58. The first kappa shape index (κ1) is 31.7. The molecule has 4 amide bonds. The lowest BCUT2D eigenvalue weighted by atomic mass is 10.0. The third-order valence-corrected chi connectivity index (χ3v) is 7.67. The SMILES string of the molecule is CC(C)(C)OC(=O)NC(C)(C)C(=O)NC(Cc1ccsc1)C(=O)Nc1cn(C(C(=O)N2CCCC2)c2ccccc2)cn1. The molecular formula is C31H40N6O5S. The molecule has 12 heteroatoms. The van der Waals surface area contributed by atoms with Crippen molar-refractivity contribution in [2.24, 2.45) is 0 Å². The molecule has 3 aromatic rings. The zero-order valence-electron chi connectivity index (χ0n) is 25.3. The number of imidazole rings is 1. The van der Waals surface area contributed by atoms with Crippen molar-refractivity contribution in [1.82, 2.24) is 25.1 Å². The first-order chi connectivity index (χ1) is 20.3. The quantitative estimate of drug-likeness (QED) is 0.317. The molecule has 11 nitrogen and oxygen atoms in total. The van der Waals surface area contributed by atoms with E-state index < -0.39 is 41.1 Å². The van der Waals surface area contributed by atoms with Gasteiger partial charge < -0.3 is 30.2 Å². The molecule has 0 radical (unpaired) electrons. The van der Waals surface area contributed by atoms with Crippen LogP contribution in [-0.2, 0) is 25.5 Å². The van der Waals surface area contributed by atoms with Crippen LogP contribution in [0.25, 0.3) is 0 Å². The van der Waals surface area contributed by atoms with Gasteiger partial charge in [0.1, 0.15) is 23.2 Å². The molecule has 0 saturated carbocycles. The highest BCUT2D eigenvalue weighted by atomic mass is 32.1. The van der Waals surface area contributed by atoms with E-state index in [1.54, 1.807) is 31.5 Å². The van der Waals surface area contributed by atoms with Gasteiger partial charge in [-0.3, -0.25) is 14.4 Å². The van der Waals surface area contributed by atoms with E-state index in [-0.39, 0.29) is 18.1 Å². The fourth-order valence-electron chi connectivity index (χ4n) is 4.75. The van der Waals surface area contributed by atoms with Gasteiger partial charge in [-0.25, -0.2) is 9.78 Å². The van der Waals surface area contributed by atoms with Crippen LogP contribution in [0.3, 0.4) is 0 Å². The zero-order valence-corrected chi connectivity index (χ0v) is 26.1. The van der Waals surface area contributed by atoms with Gasteiger partial charge in [-0.15, -0.1) is 0 Å². The Kier molecular flexibility index (Phi) is 9.90. The van der Waals surface area contributed by atoms with Crippen LogP contribution in [0.1, 0.15) is 64.6 Å². The molecule has 1 aliphatic rings. The lowest BCUT2D eigenvalue weighted by molar-refractivity contribution is -0.132. The first-order valence-electron chi connectivity index (χ1n) is 14.3. The minimum atomic E-state index is -1.37. The van der Waals surface area contributed by atoms with Crippen molar-refractivity contribution in [3.05, 3.63) is 70.8 Å². The number of benzene rings is 1. The van der Waals surface area contributed by atoms with Gasteiger partial charge in [-0.2, -0.15) is 11.3 Å². The summed E-state index contributed by atoms with van der Waals surface area (Å²) in [6, 6.07) is 9.75. The van der Waals surface area contributed by atoms with E-state index in [9.17, 15) is 19.2 Å². The predicted molar refractivity (Wildman–Crippen MR) is 165 cm³/mol. The average Bonchev–Trinajstić information content (AvgIpc) is 3.71. The van der Waals surface area contributed by atoms with Crippen LogP contribution in [0.15, 0.2) is 59.7 Å². The summed E-state index contributed by atoms with van der Waals surface area (Å²) in [4.78, 5) is 59.0. The molecule has 0 spiro atoms. The van der Waals surface area contributed by atoms with Gasteiger partial charge in [0.2, 0.25) is 17.7 Å². The molecule has 3 N–H and O–H groups in total. The van der Waals surface area contributed by atoms with Gasteiger partial charge in [0.15, 0.2) is 5.82 Å². The number of ether oxygens (including phenoxy) is 1. The van der Waals surface area contributed by atoms with Crippen molar-refractivity contribution < 1.29 is 23.9 Å². The van der Waals surface area contributed by atoms with Crippen molar-refractivity contribution in [2.75, 3.05) is 18.4 Å². The molecule has 4 rings (SSSR count). The summed E-state index contributed by atoms with van der Waals surface area (Å²) in [6.45, 7) is 9.68. The first-order valence-corrected chi connectivity index (χ1v) is 15.3. The fourth-order valence-corrected chi connectivity index (χ4v) is 5.43. The maximum atomic E-state index is 13.5. The van der Waals surface area contributed by atoms with Gasteiger partial charge >= 0.3 is 6.09 Å². The molecule has 230 valence electrons. The maximum Gasteiger partial charge on any atom is 0.408 e. The van der Waals surface area contributed by atoms with E-state index >= 15 is 0 Å². The minimum Gasteiger partial charge on any atom is -0.444 e. The number of carbonyl (C=O) groups excluding carboxylic acids is 4. The highest BCUT2D eigenvalue weighted by Crippen LogP contribution is 2.25. The highest BCUT2D eigenvalue weighted by Gasteiger charge is 2.35. The maximum absolute atomic E-state index is 13.5. The largest absolute Gasteiger partial charge is 0.444 e. The fraction of sp³-hybridized carbons (Fsp3) is 0.452. The summed E-state index contributed by atoms with van der Waals surface area (Å²) in [5.41, 5.74) is -0.415. The Morgan fingerprint density at radius 3 is 2.35 bits per heavy atom. The minimum absolute atomic E-state index is 0.0266. The molecule has 0 bridgehead atoms. The van der Waals surface area contributed by atoms with Crippen molar-refractivity contribution >= 4 is 41.0 Å². The molecule has 43 heavy (non-hydrogen) atoms. The van der Waals surface area contributed by atoms with Crippen LogP contribution < -0.4 is 16.0 Å². The Bertz CT molecular complexity index is 1410. The summed E-state index contributed by atoms with van der Waals surface area (Å²) in [5, 5.41) is 12.0. The lowest BCUT2D eigenvalue weighted by Gasteiger charge is -2.29. The second-order valence-corrected chi connectivity index (χ2v) is 12.9. The highest BCUT2D eigenvalue weighted by molar-refractivity contribution is 7.07. The number of amides is 4. The number of aromatic nitrogens is 2. The molecule has 0 aliphatic carbocycles. The second kappa shape index (κ2) is 13.4. The third kappa shape index (κ3) is 8.66. The number of carbonyl (C=O) groups is 4. The molecule has 1 aliphatic heterocycles. The van der Waals surface area contributed by atoms with Gasteiger partial charge in [0.25, 0.3) is 0 Å². The van der Waals surface area contributed by atoms with E-state index in [1.165, 1.54) is 31.5 Å². The van der Waals surface area contributed by atoms with Crippen LogP contribution in [0.4, 0.5) is 10.6 Å². The van der Waals surface area contributed by atoms with Gasteiger partial charge in [-0.05, 0) is 75.4 Å². The van der Waals surface area contributed by atoms with Crippen molar-refractivity contribution in [1.29, 1.82) is 0 Å². The van der Waals surface area contributed by atoms with Gasteiger partial charge in [0.05, 0.1) is 6.33 Å². The Hall–Kier alpha value is -4.19. The normalized spacial score (nSPS) is 15.0. The van der Waals surface area contributed by atoms with E-state index in [4.69, 9.17) is 4.74 Å². The number of hydrogen-bond acceptors (Lipinski definition) is 7. The van der Waals surface area contributed by atoms with Gasteiger partial charge in [-0.1, -0.05) is 30.3 Å². The molecule has 1 saturated heterocycles. The topological polar surface area (TPSA) is 135 Å². The summed E-state index contributed by atoms with van der Waals surface area (Å²) < 4.78 is 7.00. The number of likely N-dealkylation sites (tertiary alicyclic amines) is 1. The molecular weight excluding hydrogens is 568 g/mol. The third-order valence-electron chi connectivity index (χ3n) is 6.94. The molecule has 2 atom stereocenters. The molecule has 2 aromatic heterocycles. The molecule has 1 fully saturated rings. The second-order valence-electron chi connectivity index (χ2n) is 12.2. The van der Waals surface area contributed by atoms with Crippen LogP contribution in [0.5, 0.6) is 0 Å². The van der Waals surface area contributed by atoms with Crippen LogP contribution in [0, 0.1) is 0 Å². The van der Waals surface area contributed by atoms with Crippen LogP contribution >= 0.6 is 11.3 Å². The molecule has 3 heterocycles. The summed E-state index contributed by atoms with van der Waals surface area (Å²) in [5.74, 6) is -0.822. The Labute approximate surface area is 256 Å². The van der Waals surface area contributed by atoms with Crippen molar-refractivity contribution in [2.45, 2.75) is 77.1 Å². The van der Waals surface area contributed by atoms with E-state index in [0.29, 0.717) is 13.1 Å². The Balaban J connectivity index is 1.51. The molecule has 1 aromatic carbocycles. The number of rotatable bonds is 10. The summed E-state index contributed by atoms with van der Waals surface area (Å²) >= 11 is 1.48. The van der Waals surface area contributed by atoms with Crippen molar-refractivity contribution in [3.63, 3.8) is 0 Å². The van der Waals surface area contributed by atoms with Gasteiger partial charge in [0, 0.05) is 25.7 Å². The number of nitrogens with zero attached hydrogens (tertiary/aromatic N) is 3.